The molecule has 7 nitrogen and oxygen atoms in total. The van der Waals surface area contributed by atoms with E-state index in [1.165, 1.54) is 19.2 Å². The third-order valence-electron chi connectivity index (χ3n) is 4.16. The predicted molar refractivity (Wildman–Crippen MR) is 95.9 cm³/mol. The van der Waals surface area contributed by atoms with Crippen molar-refractivity contribution in [2.24, 2.45) is 0 Å². The van der Waals surface area contributed by atoms with E-state index >= 15 is 0 Å². The fourth-order valence-electron chi connectivity index (χ4n) is 2.65. The summed E-state index contributed by atoms with van der Waals surface area (Å²) in [4.78, 5) is 16.6. The molecule has 8 heteroatoms. The second-order valence-electron chi connectivity index (χ2n) is 5.90. The summed E-state index contributed by atoms with van der Waals surface area (Å²) in [6, 6.07) is 7.79. The van der Waals surface area contributed by atoms with E-state index in [2.05, 4.69) is 4.98 Å². The van der Waals surface area contributed by atoms with E-state index in [-0.39, 0.29) is 10.7 Å². The van der Waals surface area contributed by atoms with Gasteiger partial charge in [0.05, 0.1) is 12.0 Å². The first kappa shape index (κ1) is 17.9. The van der Waals surface area contributed by atoms with E-state index in [1.54, 1.807) is 32.0 Å². The van der Waals surface area contributed by atoms with Crippen LogP contribution in [0.5, 0.6) is 5.75 Å². The van der Waals surface area contributed by atoms with E-state index in [0.29, 0.717) is 28.0 Å². The second kappa shape index (κ2) is 6.45. The van der Waals surface area contributed by atoms with Crippen molar-refractivity contribution >= 4 is 27.0 Å². The van der Waals surface area contributed by atoms with Crippen LogP contribution in [0.15, 0.2) is 39.6 Å². The summed E-state index contributed by atoms with van der Waals surface area (Å²) >= 11 is 0. The van der Waals surface area contributed by atoms with E-state index in [0.717, 1.165) is 5.69 Å². The van der Waals surface area contributed by atoms with Gasteiger partial charge in [0.1, 0.15) is 11.3 Å². The molecule has 0 unspecified atom stereocenters. The minimum atomic E-state index is -4.07. The number of amides is 1. The maximum Gasteiger partial charge on any atom is 0.300 e. The highest BCUT2D eigenvalue weighted by molar-refractivity contribution is 7.90. The molecule has 0 bridgehead atoms. The van der Waals surface area contributed by atoms with Crippen LogP contribution in [-0.4, -0.2) is 26.4 Å². The molecule has 1 N–H and O–H groups in total. The number of aromatic nitrogens is 1. The van der Waals surface area contributed by atoms with Crippen LogP contribution in [0, 0.1) is 20.8 Å². The number of aryl methyl sites for hydroxylation is 1. The molecule has 0 saturated carbocycles. The highest BCUT2D eigenvalue weighted by Gasteiger charge is 2.24. The van der Waals surface area contributed by atoms with Gasteiger partial charge in [-0.2, -0.15) is 0 Å². The molecule has 0 radical (unpaired) electrons. The summed E-state index contributed by atoms with van der Waals surface area (Å²) in [5, 5.41) is 0. The number of hydrogen-bond donors (Lipinski definition) is 1. The molecule has 2 heterocycles. The summed E-state index contributed by atoms with van der Waals surface area (Å²) < 4.78 is 37.9. The van der Waals surface area contributed by atoms with Crippen LogP contribution in [0.1, 0.15) is 27.4 Å². The van der Waals surface area contributed by atoms with Crippen molar-refractivity contribution in [3.8, 4) is 5.75 Å². The number of carbonyl (C=O) groups excluding carboxylic acids is 1. The van der Waals surface area contributed by atoms with Gasteiger partial charge in [-0.3, -0.25) is 4.79 Å². The lowest BCUT2D eigenvalue weighted by molar-refractivity contribution is 0.0956. The molecule has 1 aromatic carbocycles. The molecule has 0 aliphatic rings. The zero-order chi connectivity index (χ0) is 19.1. The number of hydrogen-bond acceptors (Lipinski definition) is 6. The Bertz CT molecular complexity index is 1120. The Hall–Kier alpha value is -2.87. The van der Waals surface area contributed by atoms with Crippen molar-refractivity contribution in [3.63, 3.8) is 0 Å². The predicted octanol–water partition coefficient (Wildman–Crippen LogP) is 2.88. The lowest BCUT2D eigenvalue weighted by Crippen LogP contribution is -2.30. The largest absolute Gasteiger partial charge is 0.496 e. The highest BCUT2D eigenvalue weighted by atomic mass is 32.2. The first-order valence-electron chi connectivity index (χ1n) is 7.81. The van der Waals surface area contributed by atoms with Gasteiger partial charge in [0.15, 0.2) is 11.3 Å². The molecular weight excluding hydrogens is 356 g/mol. The summed E-state index contributed by atoms with van der Waals surface area (Å²) in [5.74, 6) is -0.399. The molecule has 1 amide bonds. The summed E-state index contributed by atoms with van der Waals surface area (Å²) in [6.07, 6.45) is 0. The number of nitrogens with one attached hydrogen (secondary N) is 1. The normalized spacial score (nSPS) is 11.5. The molecule has 0 aliphatic carbocycles. The van der Waals surface area contributed by atoms with Crippen molar-refractivity contribution in [1.29, 1.82) is 0 Å². The van der Waals surface area contributed by atoms with Gasteiger partial charge in [0.2, 0.25) is 0 Å². The van der Waals surface area contributed by atoms with Gasteiger partial charge in [0, 0.05) is 11.8 Å². The zero-order valence-corrected chi connectivity index (χ0v) is 15.6. The Kier molecular flexibility index (Phi) is 4.45. The van der Waals surface area contributed by atoms with Crippen LogP contribution < -0.4 is 9.46 Å². The van der Waals surface area contributed by atoms with Crippen LogP contribution in [-0.2, 0) is 10.0 Å². The number of pyridine rings is 1. The Morgan fingerprint density at radius 1 is 1.12 bits per heavy atom. The number of ether oxygens (including phenoxy) is 1. The van der Waals surface area contributed by atoms with Crippen LogP contribution in [0.2, 0.25) is 0 Å². The monoisotopic (exact) mass is 374 g/mol. The summed E-state index contributed by atoms with van der Waals surface area (Å²) in [7, 11) is -2.56. The van der Waals surface area contributed by atoms with E-state index in [9.17, 15) is 13.2 Å². The lowest BCUT2D eigenvalue weighted by Gasteiger charge is -2.13. The maximum atomic E-state index is 12.6. The lowest BCUT2D eigenvalue weighted by atomic mass is 10.1. The van der Waals surface area contributed by atoms with Gasteiger partial charge in [0.25, 0.3) is 10.0 Å². The summed E-state index contributed by atoms with van der Waals surface area (Å²) in [5.41, 5.74) is 2.86. The number of nitrogens with zero attached hydrogens (tertiary/aromatic N) is 1. The molecule has 0 aliphatic heterocycles. The van der Waals surface area contributed by atoms with Crippen LogP contribution in [0.3, 0.4) is 0 Å². The SMILES string of the molecule is COc1ccc(S(=O)(=O)NC(=O)c2cc3nc(C)ccc3o2)c(C)c1C. The third-order valence-corrected chi connectivity index (χ3v) is 5.64. The zero-order valence-electron chi connectivity index (χ0n) is 14.8. The molecule has 0 saturated heterocycles. The van der Waals surface area contributed by atoms with Crippen molar-refractivity contribution in [1.82, 2.24) is 9.71 Å². The number of benzene rings is 1. The van der Waals surface area contributed by atoms with Crippen LogP contribution in [0.4, 0.5) is 0 Å². The Labute approximate surface area is 151 Å². The number of sulfonamides is 1. The van der Waals surface area contributed by atoms with Crippen LogP contribution in [0.25, 0.3) is 11.1 Å². The molecule has 0 spiro atoms. The molecule has 3 rings (SSSR count). The molecule has 26 heavy (non-hydrogen) atoms. The molecule has 2 aromatic heterocycles. The van der Waals surface area contributed by atoms with Crippen molar-refractivity contribution in [2.75, 3.05) is 7.11 Å². The number of fused-ring (bicyclic) bond motifs is 1. The van der Waals surface area contributed by atoms with Crippen molar-refractivity contribution in [2.45, 2.75) is 25.7 Å². The van der Waals surface area contributed by atoms with Crippen LogP contribution >= 0.6 is 0 Å². The molecule has 136 valence electrons. The number of carbonyl (C=O) groups is 1. The Balaban J connectivity index is 1.93. The minimum Gasteiger partial charge on any atom is -0.496 e. The van der Waals surface area contributed by atoms with Crippen molar-refractivity contribution in [3.05, 3.63) is 52.9 Å². The average Bonchev–Trinajstić information content (AvgIpc) is 3.00. The van der Waals surface area contributed by atoms with Crippen molar-refractivity contribution < 1.29 is 22.4 Å². The van der Waals surface area contributed by atoms with E-state index in [4.69, 9.17) is 9.15 Å². The minimum absolute atomic E-state index is 0.00855. The highest BCUT2D eigenvalue weighted by Crippen LogP contribution is 2.27. The molecule has 3 aromatic rings. The summed E-state index contributed by atoms with van der Waals surface area (Å²) in [6.45, 7) is 5.22. The Morgan fingerprint density at radius 2 is 1.85 bits per heavy atom. The Morgan fingerprint density at radius 3 is 2.54 bits per heavy atom. The topological polar surface area (TPSA) is 98.5 Å². The van der Waals surface area contributed by atoms with E-state index < -0.39 is 15.9 Å². The molecular formula is C18H18N2O5S. The maximum absolute atomic E-state index is 12.6. The fraction of sp³-hybridized carbons (Fsp3) is 0.222. The first-order chi connectivity index (χ1) is 12.2. The average molecular weight is 374 g/mol. The third kappa shape index (κ3) is 3.15. The smallest absolute Gasteiger partial charge is 0.300 e. The number of furan rings is 1. The van der Waals surface area contributed by atoms with Gasteiger partial charge in [-0.15, -0.1) is 0 Å². The first-order valence-corrected chi connectivity index (χ1v) is 9.30. The van der Waals surface area contributed by atoms with Gasteiger partial charge in [-0.05, 0) is 56.2 Å². The van der Waals surface area contributed by atoms with Gasteiger partial charge in [-0.25, -0.2) is 18.1 Å². The quantitative estimate of drug-likeness (QED) is 0.754. The van der Waals surface area contributed by atoms with Gasteiger partial charge in [-0.1, -0.05) is 0 Å². The van der Waals surface area contributed by atoms with E-state index in [1.807, 2.05) is 11.6 Å². The second-order valence-corrected chi connectivity index (χ2v) is 7.55. The number of methoxy groups -OCH3 is 1. The molecule has 0 atom stereocenters. The number of rotatable bonds is 4. The van der Waals surface area contributed by atoms with Gasteiger partial charge < -0.3 is 9.15 Å². The van der Waals surface area contributed by atoms with Gasteiger partial charge >= 0.3 is 5.91 Å². The molecule has 0 fully saturated rings. The standard InChI is InChI=1S/C18H18N2O5S/c1-10-5-6-15-13(19-10)9-16(25-15)18(21)20-26(22,23)17-8-7-14(24-4)11(2)12(17)3/h5-9H,1-4H3,(H,20,21). The fourth-order valence-corrected chi connectivity index (χ4v) is 3.91.